The standard InChI is InChI=1S/C31H27N5O2S2/c1-21-9-5-6-13-24(21)36-31-28(29(34-36)23-11-3-2-4-12-23)30(25-14-8-16-39-25)40-20-27(38)35(31)19-26(37)33-18-22-10-7-15-32-17-22/h2-17,30H,18-20H2,1H3,(H,33,37)/t30-/m0/s1. The molecule has 0 unspecified atom stereocenters. The van der Waals surface area contributed by atoms with Gasteiger partial charge in [0.2, 0.25) is 11.8 Å². The molecule has 1 aliphatic rings. The number of nitrogens with zero attached hydrogens (tertiary/aromatic N) is 4. The highest BCUT2D eigenvalue weighted by Crippen LogP contribution is 2.49. The van der Waals surface area contributed by atoms with Crippen molar-refractivity contribution >= 4 is 40.7 Å². The number of amides is 2. The number of aromatic nitrogens is 3. The molecule has 200 valence electrons. The van der Waals surface area contributed by atoms with E-state index in [-0.39, 0.29) is 29.4 Å². The number of fused-ring (bicyclic) bond motifs is 1. The van der Waals surface area contributed by atoms with Crippen molar-refractivity contribution in [1.82, 2.24) is 20.1 Å². The van der Waals surface area contributed by atoms with Crippen LogP contribution >= 0.6 is 23.1 Å². The van der Waals surface area contributed by atoms with Crippen molar-refractivity contribution in [3.05, 3.63) is 118 Å². The lowest BCUT2D eigenvalue weighted by Crippen LogP contribution is -2.42. The van der Waals surface area contributed by atoms with Crippen LogP contribution in [0.25, 0.3) is 16.9 Å². The van der Waals surface area contributed by atoms with Gasteiger partial charge in [0.1, 0.15) is 12.4 Å². The van der Waals surface area contributed by atoms with Gasteiger partial charge >= 0.3 is 0 Å². The fourth-order valence-corrected chi connectivity index (χ4v) is 7.04. The maximum Gasteiger partial charge on any atom is 0.240 e. The predicted molar refractivity (Wildman–Crippen MR) is 161 cm³/mol. The molecule has 40 heavy (non-hydrogen) atoms. The lowest BCUT2D eigenvalue weighted by atomic mass is 10.0. The number of para-hydroxylation sites is 1. The van der Waals surface area contributed by atoms with Gasteiger partial charge in [-0.3, -0.25) is 19.5 Å². The van der Waals surface area contributed by atoms with Crippen LogP contribution in [0.3, 0.4) is 0 Å². The summed E-state index contributed by atoms with van der Waals surface area (Å²) in [7, 11) is 0. The van der Waals surface area contributed by atoms with Crippen LogP contribution in [0.5, 0.6) is 0 Å². The molecule has 0 saturated heterocycles. The molecule has 1 aliphatic heterocycles. The van der Waals surface area contributed by atoms with Crippen molar-refractivity contribution in [3.8, 4) is 16.9 Å². The van der Waals surface area contributed by atoms with E-state index in [4.69, 9.17) is 5.10 Å². The summed E-state index contributed by atoms with van der Waals surface area (Å²) in [5, 5.41) is 10.1. The van der Waals surface area contributed by atoms with Gasteiger partial charge in [-0.25, -0.2) is 4.68 Å². The molecule has 1 N–H and O–H groups in total. The molecule has 0 aliphatic carbocycles. The fraction of sp³-hybridized carbons (Fsp3) is 0.161. The zero-order valence-corrected chi connectivity index (χ0v) is 23.5. The summed E-state index contributed by atoms with van der Waals surface area (Å²) < 4.78 is 1.85. The van der Waals surface area contributed by atoms with Crippen molar-refractivity contribution in [2.24, 2.45) is 0 Å². The third kappa shape index (κ3) is 5.17. The van der Waals surface area contributed by atoms with Crippen LogP contribution in [0, 0.1) is 6.92 Å². The molecule has 1 atom stereocenters. The first kappa shape index (κ1) is 26.0. The molecule has 4 heterocycles. The molecule has 0 spiro atoms. The summed E-state index contributed by atoms with van der Waals surface area (Å²) in [5.41, 5.74) is 5.48. The van der Waals surface area contributed by atoms with Crippen molar-refractivity contribution in [2.75, 3.05) is 17.2 Å². The number of carbonyl (C=O) groups excluding carboxylic acids is 2. The minimum atomic E-state index is -0.249. The number of benzene rings is 2. The minimum absolute atomic E-state index is 0.115. The first-order valence-electron chi connectivity index (χ1n) is 13.0. The SMILES string of the molecule is Cc1ccccc1-n1nc(-c2ccccc2)c2c1N(CC(=O)NCc1cccnc1)C(=O)CS[C@H]2c1cccs1. The van der Waals surface area contributed by atoms with E-state index in [2.05, 4.69) is 21.7 Å². The zero-order chi connectivity index (χ0) is 27.5. The van der Waals surface area contributed by atoms with Crippen LogP contribution in [0.15, 0.2) is 96.6 Å². The smallest absolute Gasteiger partial charge is 0.240 e. The molecule has 3 aromatic heterocycles. The van der Waals surface area contributed by atoms with E-state index in [1.165, 1.54) is 0 Å². The van der Waals surface area contributed by atoms with E-state index in [9.17, 15) is 9.59 Å². The molecular weight excluding hydrogens is 539 g/mol. The van der Waals surface area contributed by atoms with Crippen molar-refractivity contribution < 1.29 is 9.59 Å². The van der Waals surface area contributed by atoms with E-state index in [1.807, 2.05) is 84.4 Å². The zero-order valence-electron chi connectivity index (χ0n) is 21.9. The van der Waals surface area contributed by atoms with Crippen molar-refractivity contribution in [3.63, 3.8) is 0 Å². The van der Waals surface area contributed by atoms with Crippen LogP contribution in [0.1, 0.15) is 26.8 Å². The molecule has 5 aromatic rings. The molecule has 0 fully saturated rings. The molecule has 9 heteroatoms. The van der Waals surface area contributed by atoms with E-state index in [0.29, 0.717) is 12.4 Å². The van der Waals surface area contributed by atoms with Gasteiger partial charge in [0, 0.05) is 34.9 Å². The monoisotopic (exact) mass is 565 g/mol. The lowest BCUT2D eigenvalue weighted by Gasteiger charge is -2.23. The number of hydrogen-bond donors (Lipinski definition) is 1. The highest BCUT2D eigenvalue weighted by atomic mass is 32.2. The number of thiophene rings is 1. The molecule has 6 rings (SSSR count). The highest BCUT2D eigenvalue weighted by Gasteiger charge is 2.38. The summed E-state index contributed by atoms with van der Waals surface area (Å²) in [5.74, 6) is 0.505. The maximum absolute atomic E-state index is 13.8. The number of pyridine rings is 1. The quantitative estimate of drug-likeness (QED) is 0.270. The Labute approximate surface area is 240 Å². The van der Waals surface area contributed by atoms with Gasteiger partial charge in [-0.05, 0) is 41.6 Å². The molecule has 0 radical (unpaired) electrons. The van der Waals surface area contributed by atoms with Gasteiger partial charge in [-0.1, -0.05) is 60.7 Å². The van der Waals surface area contributed by atoms with Gasteiger partial charge in [0.25, 0.3) is 0 Å². The topological polar surface area (TPSA) is 80.1 Å². The minimum Gasteiger partial charge on any atom is -0.350 e. The number of carbonyl (C=O) groups is 2. The number of nitrogens with one attached hydrogen (secondary N) is 1. The summed E-state index contributed by atoms with van der Waals surface area (Å²) in [6.07, 6.45) is 3.42. The van der Waals surface area contributed by atoms with Gasteiger partial charge in [0.05, 0.1) is 22.4 Å². The summed E-state index contributed by atoms with van der Waals surface area (Å²) >= 11 is 3.24. The second-order valence-electron chi connectivity index (χ2n) is 9.47. The average molecular weight is 566 g/mol. The molecule has 2 amide bonds. The largest absolute Gasteiger partial charge is 0.350 e. The van der Waals surface area contributed by atoms with Gasteiger partial charge in [0.15, 0.2) is 0 Å². The third-order valence-electron chi connectivity index (χ3n) is 6.80. The van der Waals surface area contributed by atoms with E-state index >= 15 is 0 Å². The average Bonchev–Trinajstić information content (AvgIpc) is 3.63. The predicted octanol–water partition coefficient (Wildman–Crippen LogP) is 5.79. The fourth-order valence-electron chi connectivity index (χ4n) is 4.87. The molecular formula is C31H27N5O2S2. The Balaban J connectivity index is 1.51. The van der Waals surface area contributed by atoms with Crippen LogP contribution in [-0.4, -0.2) is 38.9 Å². The van der Waals surface area contributed by atoms with E-state index in [1.54, 1.807) is 40.4 Å². The Morgan fingerprint density at radius 1 is 1.02 bits per heavy atom. The van der Waals surface area contributed by atoms with E-state index in [0.717, 1.165) is 38.5 Å². The van der Waals surface area contributed by atoms with Crippen molar-refractivity contribution in [2.45, 2.75) is 18.7 Å². The van der Waals surface area contributed by atoms with Crippen LogP contribution < -0.4 is 10.2 Å². The Bertz CT molecular complexity index is 1640. The Morgan fingerprint density at radius 3 is 2.60 bits per heavy atom. The Kier molecular flexibility index (Phi) is 7.48. The number of rotatable bonds is 7. The van der Waals surface area contributed by atoms with E-state index < -0.39 is 0 Å². The first-order chi connectivity index (χ1) is 19.6. The van der Waals surface area contributed by atoms with Crippen LogP contribution in [0.4, 0.5) is 5.82 Å². The van der Waals surface area contributed by atoms with Gasteiger partial charge in [-0.15, -0.1) is 23.1 Å². The molecule has 0 saturated carbocycles. The highest BCUT2D eigenvalue weighted by molar-refractivity contribution is 8.00. The number of hydrogen-bond acceptors (Lipinski definition) is 6. The number of aryl methyl sites for hydroxylation is 1. The number of thioether (sulfide) groups is 1. The molecule has 0 bridgehead atoms. The van der Waals surface area contributed by atoms with Crippen LogP contribution in [0.2, 0.25) is 0 Å². The summed E-state index contributed by atoms with van der Waals surface area (Å²) in [6, 6.07) is 25.9. The summed E-state index contributed by atoms with van der Waals surface area (Å²) in [6.45, 7) is 2.25. The van der Waals surface area contributed by atoms with Crippen molar-refractivity contribution in [1.29, 1.82) is 0 Å². The second-order valence-corrected chi connectivity index (χ2v) is 11.5. The molecule has 7 nitrogen and oxygen atoms in total. The Hall–Kier alpha value is -4.21. The van der Waals surface area contributed by atoms with Gasteiger partial charge < -0.3 is 5.32 Å². The second kappa shape index (κ2) is 11.5. The molecule has 2 aromatic carbocycles. The van der Waals surface area contributed by atoms with Gasteiger partial charge in [-0.2, -0.15) is 5.10 Å². The third-order valence-corrected chi connectivity index (χ3v) is 9.12. The van der Waals surface area contributed by atoms with Crippen LogP contribution in [-0.2, 0) is 16.1 Å². The normalized spacial score (nSPS) is 15.0. The lowest BCUT2D eigenvalue weighted by molar-refractivity contribution is -0.123. The number of anilines is 1. The first-order valence-corrected chi connectivity index (χ1v) is 14.9. The summed E-state index contributed by atoms with van der Waals surface area (Å²) in [4.78, 5) is 34.0. The Morgan fingerprint density at radius 2 is 1.85 bits per heavy atom. The maximum atomic E-state index is 13.8.